The number of aromatic nitrogens is 1. The molecular formula is C30H39ClF2N4O9. The Labute approximate surface area is 270 Å². The molecule has 2 heterocycles. The largest absolute Gasteiger partial charge is 0.489 e. The van der Waals surface area contributed by atoms with Gasteiger partial charge in [-0.05, 0) is 69.6 Å². The highest BCUT2D eigenvalue weighted by atomic mass is 35.5. The number of likely N-dealkylation sites (tertiary alicyclic amines) is 1. The van der Waals surface area contributed by atoms with Crippen LogP contribution in [0.2, 0.25) is 0 Å². The molecule has 1 saturated heterocycles. The number of nitrogens with zero attached hydrogens (tertiary/aromatic N) is 2. The zero-order chi connectivity index (χ0) is 32.2. The zero-order valence-electron chi connectivity index (χ0n) is 25.5. The van der Waals surface area contributed by atoms with E-state index in [-0.39, 0.29) is 54.2 Å². The molecule has 4 N–H and O–H groups in total. The monoisotopic (exact) mass is 672 g/mol. The molecule has 3 aliphatic rings. The minimum atomic E-state index is -3.06. The third-order valence-corrected chi connectivity index (χ3v) is 8.12. The standard InChI is InChI=1S/C30H38F2N4O9.ClH/c1-15(33)25-24(35-26(45-25)17-5-10-22(44-29(31)32)23(11-17)42-14-16-3-4-16)27(38)36-13-18(34-30(40)41-2)12-21(36)28(39)43-20-8-6-19(37)7-9-20;/h5,10-11,15-16,18-21,29,37H,3-4,6-9,12-14,33H2,1-2H3,(H,34,40);1H/t15-,18?,19?,20?,21?;/m0./s1. The van der Waals surface area contributed by atoms with Gasteiger partial charge in [-0.3, -0.25) is 4.79 Å². The first-order chi connectivity index (χ1) is 21.5. The number of oxazole rings is 1. The van der Waals surface area contributed by atoms with E-state index in [1.165, 1.54) is 30.2 Å². The van der Waals surface area contributed by atoms with Gasteiger partial charge in [0.25, 0.3) is 5.91 Å². The van der Waals surface area contributed by atoms with Crippen LogP contribution in [0.1, 0.15) is 74.2 Å². The summed E-state index contributed by atoms with van der Waals surface area (Å²) >= 11 is 0. The molecule has 1 aliphatic heterocycles. The molecule has 2 saturated carbocycles. The number of nitrogens with one attached hydrogen (secondary N) is 1. The van der Waals surface area contributed by atoms with E-state index in [2.05, 4.69) is 15.0 Å². The van der Waals surface area contributed by atoms with E-state index in [0.717, 1.165) is 12.8 Å². The summed E-state index contributed by atoms with van der Waals surface area (Å²) in [7, 11) is 1.21. The minimum absolute atomic E-state index is 0. The fourth-order valence-electron chi connectivity index (χ4n) is 5.51. The van der Waals surface area contributed by atoms with Gasteiger partial charge in [0.15, 0.2) is 23.0 Å². The Bertz CT molecular complexity index is 1380. The molecule has 3 fully saturated rings. The lowest BCUT2D eigenvalue weighted by molar-refractivity contribution is -0.156. The van der Waals surface area contributed by atoms with Gasteiger partial charge in [-0.15, -0.1) is 12.4 Å². The maximum Gasteiger partial charge on any atom is 0.407 e. The van der Waals surface area contributed by atoms with Gasteiger partial charge in [-0.1, -0.05) is 0 Å². The molecule has 16 heteroatoms. The summed E-state index contributed by atoms with van der Waals surface area (Å²) in [6.45, 7) is -1.18. The summed E-state index contributed by atoms with van der Waals surface area (Å²) in [5, 5.41) is 12.4. The summed E-state index contributed by atoms with van der Waals surface area (Å²) in [6, 6.07) is 1.73. The Hall–Kier alpha value is -3.69. The molecule has 5 rings (SSSR count). The highest BCUT2D eigenvalue weighted by Crippen LogP contribution is 2.37. The van der Waals surface area contributed by atoms with Crippen LogP contribution in [0.3, 0.4) is 0 Å². The number of carbonyl (C=O) groups excluding carboxylic acids is 3. The van der Waals surface area contributed by atoms with Crippen LogP contribution in [-0.4, -0.2) is 84.1 Å². The SMILES string of the molecule is COC(=O)NC1CC(C(=O)OC2CCC(O)CC2)N(C(=O)c2nc(-c3ccc(OC(F)F)c(OCC4CC4)c3)oc2[C@H](C)N)C1.Cl. The first kappa shape index (κ1) is 35.2. The predicted molar refractivity (Wildman–Crippen MR) is 160 cm³/mol. The van der Waals surface area contributed by atoms with Crippen molar-refractivity contribution in [2.75, 3.05) is 20.3 Å². The molecule has 254 valence electrons. The van der Waals surface area contributed by atoms with Gasteiger partial charge in [0, 0.05) is 18.5 Å². The Morgan fingerprint density at radius 3 is 2.50 bits per heavy atom. The quantitative estimate of drug-likeness (QED) is 0.295. The number of hydrogen-bond donors (Lipinski definition) is 3. The van der Waals surface area contributed by atoms with Crippen molar-refractivity contribution in [1.29, 1.82) is 0 Å². The number of halogens is 3. The van der Waals surface area contributed by atoms with Crippen molar-refractivity contribution >= 4 is 30.4 Å². The van der Waals surface area contributed by atoms with Gasteiger partial charge in [0.2, 0.25) is 5.89 Å². The van der Waals surface area contributed by atoms with E-state index in [9.17, 15) is 28.3 Å². The van der Waals surface area contributed by atoms with Crippen molar-refractivity contribution in [2.45, 2.75) is 88.8 Å². The van der Waals surface area contributed by atoms with Crippen LogP contribution in [0.4, 0.5) is 13.6 Å². The van der Waals surface area contributed by atoms with Crippen LogP contribution in [-0.2, 0) is 14.3 Å². The predicted octanol–water partition coefficient (Wildman–Crippen LogP) is 3.96. The number of esters is 1. The molecule has 0 radical (unpaired) electrons. The van der Waals surface area contributed by atoms with Crippen LogP contribution in [0.15, 0.2) is 22.6 Å². The fraction of sp³-hybridized carbons (Fsp3) is 0.600. The maximum absolute atomic E-state index is 14.0. The van der Waals surface area contributed by atoms with E-state index < -0.39 is 54.9 Å². The molecule has 3 atom stereocenters. The highest BCUT2D eigenvalue weighted by Gasteiger charge is 2.44. The van der Waals surface area contributed by atoms with Crippen molar-refractivity contribution in [2.24, 2.45) is 11.7 Å². The first-order valence-corrected chi connectivity index (χ1v) is 15.0. The Morgan fingerprint density at radius 1 is 1.15 bits per heavy atom. The van der Waals surface area contributed by atoms with Gasteiger partial charge in [0.05, 0.1) is 31.9 Å². The average molecular weight is 673 g/mol. The fourth-order valence-corrected chi connectivity index (χ4v) is 5.51. The van der Waals surface area contributed by atoms with Crippen molar-refractivity contribution in [3.05, 3.63) is 29.7 Å². The summed E-state index contributed by atoms with van der Waals surface area (Å²) in [6.07, 6.45) is 2.46. The molecule has 0 bridgehead atoms. The normalized spacial score (nSPS) is 23.3. The third kappa shape index (κ3) is 8.56. The molecular weight excluding hydrogens is 634 g/mol. The zero-order valence-corrected chi connectivity index (χ0v) is 26.3. The lowest BCUT2D eigenvalue weighted by atomic mass is 9.95. The second-order valence-electron chi connectivity index (χ2n) is 11.7. The van der Waals surface area contributed by atoms with E-state index in [4.69, 9.17) is 24.4 Å². The van der Waals surface area contributed by atoms with Gasteiger partial charge in [0.1, 0.15) is 12.1 Å². The first-order valence-electron chi connectivity index (χ1n) is 15.0. The number of alkyl carbamates (subject to hydrolysis) is 1. The summed E-state index contributed by atoms with van der Waals surface area (Å²) in [5.41, 5.74) is 6.34. The van der Waals surface area contributed by atoms with Crippen LogP contribution in [0.25, 0.3) is 11.5 Å². The maximum atomic E-state index is 14.0. The van der Waals surface area contributed by atoms with Crippen molar-refractivity contribution in [3.63, 3.8) is 0 Å². The van der Waals surface area contributed by atoms with Crippen molar-refractivity contribution in [1.82, 2.24) is 15.2 Å². The molecule has 1 aromatic heterocycles. The molecule has 2 aliphatic carbocycles. The van der Waals surface area contributed by atoms with Crippen molar-refractivity contribution < 1.29 is 51.6 Å². The van der Waals surface area contributed by atoms with Gasteiger partial charge < -0.3 is 44.4 Å². The van der Waals surface area contributed by atoms with E-state index in [1.54, 1.807) is 6.92 Å². The van der Waals surface area contributed by atoms with E-state index >= 15 is 0 Å². The topological polar surface area (TPSA) is 176 Å². The highest BCUT2D eigenvalue weighted by molar-refractivity contribution is 5.97. The van der Waals surface area contributed by atoms with Crippen LogP contribution < -0.4 is 20.5 Å². The molecule has 46 heavy (non-hydrogen) atoms. The smallest absolute Gasteiger partial charge is 0.407 e. The van der Waals surface area contributed by atoms with Crippen LogP contribution in [0, 0.1) is 5.92 Å². The van der Waals surface area contributed by atoms with Crippen LogP contribution >= 0.6 is 12.4 Å². The van der Waals surface area contributed by atoms with Gasteiger partial charge in [-0.2, -0.15) is 8.78 Å². The number of carbonyl (C=O) groups is 3. The lowest BCUT2D eigenvalue weighted by Gasteiger charge is -2.28. The molecule has 2 unspecified atom stereocenters. The molecule has 2 amide bonds. The van der Waals surface area contributed by atoms with Crippen LogP contribution in [0.5, 0.6) is 11.5 Å². The van der Waals surface area contributed by atoms with E-state index in [0.29, 0.717) is 43.8 Å². The number of nitrogens with two attached hydrogens (primary N) is 1. The number of benzene rings is 1. The Morgan fingerprint density at radius 2 is 1.87 bits per heavy atom. The number of rotatable bonds is 11. The minimum Gasteiger partial charge on any atom is -0.489 e. The number of aliphatic hydroxyl groups excluding tert-OH is 1. The van der Waals surface area contributed by atoms with Crippen molar-refractivity contribution in [3.8, 4) is 23.0 Å². The molecule has 13 nitrogen and oxygen atoms in total. The number of hydrogen-bond acceptors (Lipinski definition) is 11. The second kappa shape index (κ2) is 15.3. The Kier molecular flexibility index (Phi) is 11.7. The third-order valence-electron chi connectivity index (χ3n) is 8.12. The average Bonchev–Trinajstić information content (AvgIpc) is 3.56. The summed E-state index contributed by atoms with van der Waals surface area (Å²) in [4.78, 5) is 45.1. The summed E-state index contributed by atoms with van der Waals surface area (Å²) in [5.74, 6) is -1.03. The van der Waals surface area contributed by atoms with E-state index in [1.807, 2.05) is 0 Å². The number of methoxy groups -OCH3 is 1. The molecule has 0 spiro atoms. The molecule has 2 aromatic rings. The number of aliphatic hydroxyl groups is 1. The lowest BCUT2D eigenvalue weighted by Crippen LogP contribution is -2.44. The van der Waals surface area contributed by atoms with Gasteiger partial charge in [-0.25, -0.2) is 14.6 Å². The number of amides is 2. The molecule has 1 aromatic carbocycles. The number of ether oxygens (including phenoxy) is 4. The Balaban J connectivity index is 0.00000480. The van der Waals surface area contributed by atoms with Gasteiger partial charge >= 0.3 is 18.7 Å². The second-order valence-corrected chi connectivity index (χ2v) is 11.7. The summed E-state index contributed by atoms with van der Waals surface area (Å²) < 4.78 is 52.8. The number of alkyl halides is 2.